The number of halogens is 1. The smallest absolute Gasteiger partial charge is 0.243 e. The fraction of sp³-hybridized carbons (Fsp3) is 0.222. The summed E-state index contributed by atoms with van der Waals surface area (Å²) < 4.78 is 5.26. The van der Waals surface area contributed by atoms with Crippen LogP contribution in [0.15, 0.2) is 36.4 Å². The van der Waals surface area contributed by atoms with Gasteiger partial charge in [0.05, 0.1) is 25.0 Å². The van der Waals surface area contributed by atoms with E-state index in [9.17, 15) is 9.59 Å². The highest BCUT2D eigenvalue weighted by Gasteiger charge is 2.11. The van der Waals surface area contributed by atoms with E-state index in [0.717, 1.165) is 5.56 Å². The molecule has 0 spiro atoms. The topological polar surface area (TPSA) is 67.4 Å². The van der Waals surface area contributed by atoms with Crippen LogP contribution in [0.4, 0.5) is 11.4 Å². The van der Waals surface area contributed by atoms with Crippen molar-refractivity contribution in [3.05, 3.63) is 52.5 Å². The molecule has 0 aromatic heterocycles. The standard InChI is InChI=1S/C18H19ClN2O3/c1-11-8-16(17(24-3)9-14(11)19)20-10-18(23)21-15-7-5-4-6-13(15)12(2)22/h4-9,20H,10H2,1-3H3,(H,21,23). The van der Waals surface area contributed by atoms with Crippen molar-refractivity contribution in [1.82, 2.24) is 0 Å². The van der Waals surface area contributed by atoms with E-state index in [2.05, 4.69) is 10.6 Å². The zero-order valence-electron chi connectivity index (χ0n) is 13.8. The second kappa shape index (κ2) is 7.84. The van der Waals surface area contributed by atoms with Crippen LogP contribution in [-0.2, 0) is 4.79 Å². The normalized spacial score (nSPS) is 10.2. The Morgan fingerprint density at radius 1 is 1.17 bits per heavy atom. The molecule has 24 heavy (non-hydrogen) atoms. The van der Waals surface area contributed by atoms with Crippen LogP contribution in [0.25, 0.3) is 0 Å². The van der Waals surface area contributed by atoms with Gasteiger partial charge in [0.2, 0.25) is 5.91 Å². The Balaban J connectivity index is 2.07. The van der Waals surface area contributed by atoms with Gasteiger partial charge in [0.15, 0.2) is 5.78 Å². The number of methoxy groups -OCH3 is 1. The summed E-state index contributed by atoms with van der Waals surface area (Å²) in [5.74, 6) is 0.190. The third-order valence-electron chi connectivity index (χ3n) is 3.50. The van der Waals surface area contributed by atoms with Gasteiger partial charge >= 0.3 is 0 Å². The number of carbonyl (C=O) groups excluding carboxylic acids is 2. The highest BCUT2D eigenvalue weighted by Crippen LogP contribution is 2.30. The van der Waals surface area contributed by atoms with Crippen LogP contribution in [0.5, 0.6) is 5.75 Å². The van der Waals surface area contributed by atoms with Crippen molar-refractivity contribution in [1.29, 1.82) is 0 Å². The van der Waals surface area contributed by atoms with Crippen molar-refractivity contribution in [3.63, 3.8) is 0 Å². The minimum atomic E-state index is -0.265. The predicted octanol–water partition coefficient (Wildman–Crippen LogP) is 3.91. The van der Waals surface area contributed by atoms with Crippen molar-refractivity contribution >= 4 is 34.7 Å². The lowest BCUT2D eigenvalue weighted by Crippen LogP contribution is -2.23. The first kappa shape index (κ1) is 17.8. The highest BCUT2D eigenvalue weighted by atomic mass is 35.5. The van der Waals surface area contributed by atoms with Gasteiger partial charge in [-0.05, 0) is 37.6 Å². The maximum absolute atomic E-state index is 12.2. The van der Waals surface area contributed by atoms with Crippen LogP contribution in [-0.4, -0.2) is 25.3 Å². The molecule has 0 fully saturated rings. The third kappa shape index (κ3) is 4.26. The molecule has 0 aliphatic rings. The van der Waals surface area contributed by atoms with Gasteiger partial charge in [0.25, 0.3) is 0 Å². The molecule has 1 amide bonds. The Morgan fingerprint density at radius 2 is 1.88 bits per heavy atom. The fourth-order valence-corrected chi connectivity index (χ4v) is 2.39. The summed E-state index contributed by atoms with van der Waals surface area (Å²) in [6.45, 7) is 3.37. The first-order valence-electron chi connectivity index (χ1n) is 7.40. The van der Waals surface area contributed by atoms with Gasteiger partial charge in [0, 0.05) is 16.7 Å². The van der Waals surface area contributed by atoms with E-state index in [4.69, 9.17) is 16.3 Å². The van der Waals surface area contributed by atoms with E-state index >= 15 is 0 Å². The number of anilines is 2. The summed E-state index contributed by atoms with van der Waals surface area (Å²) in [6, 6.07) is 10.4. The zero-order valence-corrected chi connectivity index (χ0v) is 14.5. The lowest BCUT2D eigenvalue weighted by Gasteiger charge is -2.14. The molecule has 0 saturated carbocycles. The molecule has 0 heterocycles. The third-order valence-corrected chi connectivity index (χ3v) is 3.91. The Hall–Kier alpha value is -2.53. The van der Waals surface area contributed by atoms with E-state index in [1.807, 2.05) is 13.0 Å². The quantitative estimate of drug-likeness (QED) is 0.778. The lowest BCUT2D eigenvalue weighted by molar-refractivity contribution is -0.114. The van der Waals surface area contributed by atoms with E-state index < -0.39 is 0 Å². The van der Waals surface area contributed by atoms with E-state index in [1.54, 1.807) is 30.3 Å². The van der Waals surface area contributed by atoms with Gasteiger partial charge in [-0.15, -0.1) is 0 Å². The molecule has 0 radical (unpaired) electrons. The minimum absolute atomic E-state index is 0.0314. The summed E-state index contributed by atoms with van der Waals surface area (Å²) in [7, 11) is 1.54. The van der Waals surface area contributed by atoms with E-state index in [1.165, 1.54) is 14.0 Å². The molecule has 0 aliphatic heterocycles. The average Bonchev–Trinajstić information content (AvgIpc) is 2.55. The van der Waals surface area contributed by atoms with Gasteiger partial charge in [0.1, 0.15) is 5.75 Å². The molecule has 2 aromatic carbocycles. The number of ether oxygens (including phenoxy) is 1. The number of Topliss-reactive ketones (excluding diaryl/α,β-unsaturated/α-hetero) is 1. The molecule has 0 bridgehead atoms. The van der Waals surface area contributed by atoms with Gasteiger partial charge in [-0.3, -0.25) is 9.59 Å². The average molecular weight is 347 g/mol. The molecular weight excluding hydrogens is 328 g/mol. The van der Waals surface area contributed by atoms with Crippen LogP contribution in [0, 0.1) is 6.92 Å². The number of ketones is 1. The first-order chi connectivity index (χ1) is 11.4. The molecule has 0 saturated heterocycles. The molecule has 0 unspecified atom stereocenters. The van der Waals surface area contributed by atoms with Crippen molar-refractivity contribution < 1.29 is 14.3 Å². The van der Waals surface area contributed by atoms with Crippen LogP contribution in [0.1, 0.15) is 22.8 Å². The maximum atomic E-state index is 12.2. The largest absolute Gasteiger partial charge is 0.495 e. The van der Waals surface area contributed by atoms with Crippen molar-refractivity contribution in [3.8, 4) is 5.75 Å². The molecule has 2 rings (SSSR count). The predicted molar refractivity (Wildman–Crippen MR) is 96.3 cm³/mol. The molecule has 126 valence electrons. The number of rotatable bonds is 6. The monoisotopic (exact) mass is 346 g/mol. The van der Waals surface area contributed by atoms with Crippen molar-refractivity contribution in [2.75, 3.05) is 24.3 Å². The summed E-state index contributed by atoms with van der Waals surface area (Å²) in [5, 5.41) is 6.35. The number of para-hydroxylation sites is 1. The van der Waals surface area contributed by atoms with Crippen LogP contribution in [0.2, 0.25) is 5.02 Å². The summed E-state index contributed by atoms with van der Waals surface area (Å²) in [4.78, 5) is 23.7. The minimum Gasteiger partial charge on any atom is -0.495 e. The van der Waals surface area contributed by atoms with Crippen LogP contribution < -0.4 is 15.4 Å². The fourth-order valence-electron chi connectivity index (χ4n) is 2.24. The number of aryl methyl sites for hydroxylation is 1. The first-order valence-corrected chi connectivity index (χ1v) is 7.78. The number of hydrogen-bond acceptors (Lipinski definition) is 4. The van der Waals surface area contributed by atoms with Gasteiger partial charge in [-0.1, -0.05) is 23.7 Å². The molecule has 6 heteroatoms. The Labute approximate surface area is 146 Å². The number of nitrogens with one attached hydrogen (secondary N) is 2. The number of hydrogen-bond donors (Lipinski definition) is 2. The highest BCUT2D eigenvalue weighted by molar-refractivity contribution is 6.31. The molecule has 2 N–H and O–H groups in total. The van der Waals surface area contributed by atoms with E-state index in [0.29, 0.717) is 27.7 Å². The Kier molecular flexibility index (Phi) is 5.82. The molecule has 0 atom stereocenters. The zero-order chi connectivity index (χ0) is 17.7. The van der Waals surface area contributed by atoms with Crippen LogP contribution >= 0.6 is 11.6 Å². The van der Waals surface area contributed by atoms with E-state index in [-0.39, 0.29) is 18.2 Å². The summed E-state index contributed by atoms with van der Waals surface area (Å²) >= 11 is 6.06. The number of amides is 1. The Morgan fingerprint density at radius 3 is 2.54 bits per heavy atom. The lowest BCUT2D eigenvalue weighted by atomic mass is 10.1. The van der Waals surface area contributed by atoms with Crippen LogP contribution in [0.3, 0.4) is 0 Å². The number of benzene rings is 2. The summed E-state index contributed by atoms with van der Waals surface area (Å²) in [5.41, 5.74) is 2.53. The van der Waals surface area contributed by atoms with Gasteiger partial charge < -0.3 is 15.4 Å². The Bertz CT molecular complexity index is 775. The molecular formula is C18H19ClN2O3. The second-order valence-electron chi connectivity index (χ2n) is 5.31. The van der Waals surface area contributed by atoms with Crippen molar-refractivity contribution in [2.45, 2.75) is 13.8 Å². The van der Waals surface area contributed by atoms with Gasteiger partial charge in [-0.25, -0.2) is 0 Å². The SMILES string of the molecule is COc1cc(Cl)c(C)cc1NCC(=O)Nc1ccccc1C(C)=O. The van der Waals surface area contributed by atoms with Gasteiger partial charge in [-0.2, -0.15) is 0 Å². The summed E-state index contributed by atoms with van der Waals surface area (Å²) in [6.07, 6.45) is 0. The maximum Gasteiger partial charge on any atom is 0.243 e. The molecule has 5 nitrogen and oxygen atoms in total. The molecule has 0 aliphatic carbocycles. The second-order valence-corrected chi connectivity index (χ2v) is 5.71. The number of carbonyl (C=O) groups is 2. The molecule has 2 aromatic rings. The van der Waals surface area contributed by atoms with Crippen molar-refractivity contribution in [2.24, 2.45) is 0 Å².